The molecule has 0 atom stereocenters. The molecular weight excluding hydrogens is 296 g/mol. The minimum Gasteiger partial charge on any atom is -0.377 e. The van der Waals surface area contributed by atoms with Crippen LogP contribution < -0.4 is 5.73 Å². The van der Waals surface area contributed by atoms with E-state index in [-0.39, 0.29) is 12.4 Å². The number of aromatic nitrogens is 1. The van der Waals surface area contributed by atoms with Gasteiger partial charge >= 0.3 is 0 Å². The third-order valence-corrected chi connectivity index (χ3v) is 4.09. The molecule has 2 rings (SSSR count). The summed E-state index contributed by atoms with van der Waals surface area (Å²) in [6.07, 6.45) is 2.22. The number of ether oxygens (including phenoxy) is 1. The fourth-order valence-electron chi connectivity index (χ4n) is 2.20. The van der Waals surface area contributed by atoms with Gasteiger partial charge in [-0.25, -0.2) is 4.98 Å². The number of anilines is 1. The summed E-state index contributed by atoms with van der Waals surface area (Å²) in [6.45, 7) is 11.5. The maximum atomic E-state index is 5.65. The summed E-state index contributed by atoms with van der Waals surface area (Å²) in [4.78, 5) is 10.3. The predicted molar refractivity (Wildman–Crippen MR) is 86.6 cm³/mol. The van der Waals surface area contributed by atoms with Crippen molar-refractivity contribution < 1.29 is 4.74 Å². The van der Waals surface area contributed by atoms with Crippen molar-refractivity contribution in [2.24, 2.45) is 0 Å². The highest BCUT2D eigenvalue weighted by Crippen LogP contribution is 2.17. The van der Waals surface area contributed by atoms with Gasteiger partial charge in [0.05, 0.1) is 12.7 Å². The second kappa shape index (κ2) is 8.79. The lowest BCUT2D eigenvalue weighted by Gasteiger charge is -2.34. The number of hydrogen-bond acceptors (Lipinski definition) is 6. The van der Waals surface area contributed by atoms with Gasteiger partial charge in [0.15, 0.2) is 5.13 Å². The number of nitrogens with two attached hydrogens (primary N) is 1. The molecule has 0 unspecified atom stereocenters. The van der Waals surface area contributed by atoms with Crippen LogP contribution in [0.25, 0.3) is 0 Å². The molecule has 0 aromatic carbocycles. The average molecular weight is 321 g/mol. The van der Waals surface area contributed by atoms with Crippen LogP contribution in [0.3, 0.4) is 0 Å². The summed E-state index contributed by atoms with van der Waals surface area (Å²) in [5.74, 6) is 0. The van der Waals surface area contributed by atoms with Gasteiger partial charge in [0.1, 0.15) is 0 Å². The highest BCUT2D eigenvalue weighted by Gasteiger charge is 2.17. The van der Waals surface area contributed by atoms with Crippen LogP contribution in [0.2, 0.25) is 0 Å². The molecule has 2 N–H and O–H groups in total. The molecule has 1 fully saturated rings. The molecule has 1 aliphatic rings. The van der Waals surface area contributed by atoms with Crippen molar-refractivity contribution in [1.82, 2.24) is 14.8 Å². The topological polar surface area (TPSA) is 54.6 Å². The third-order valence-electron chi connectivity index (χ3n) is 3.27. The van der Waals surface area contributed by atoms with Crippen molar-refractivity contribution in [3.8, 4) is 0 Å². The number of nitrogens with zero attached hydrogens (tertiary/aromatic N) is 3. The second-order valence-electron chi connectivity index (χ2n) is 5.20. The lowest BCUT2D eigenvalue weighted by molar-refractivity contribution is 0.0439. The number of piperazine rings is 1. The van der Waals surface area contributed by atoms with Crippen molar-refractivity contribution >= 4 is 28.9 Å². The van der Waals surface area contributed by atoms with Gasteiger partial charge in [0.2, 0.25) is 0 Å². The summed E-state index contributed by atoms with van der Waals surface area (Å²) >= 11 is 1.59. The average Bonchev–Trinajstić information content (AvgIpc) is 2.77. The summed E-state index contributed by atoms with van der Waals surface area (Å²) in [7, 11) is 0. The van der Waals surface area contributed by atoms with E-state index in [1.54, 1.807) is 11.3 Å². The Hall–Kier alpha value is -0.400. The molecule has 20 heavy (non-hydrogen) atoms. The molecular formula is C13H25ClN4OS. The zero-order valence-corrected chi connectivity index (χ0v) is 13.9. The van der Waals surface area contributed by atoms with Crippen LogP contribution >= 0.6 is 23.7 Å². The van der Waals surface area contributed by atoms with Gasteiger partial charge in [-0.2, -0.15) is 0 Å². The Morgan fingerprint density at radius 2 is 1.95 bits per heavy atom. The van der Waals surface area contributed by atoms with Crippen LogP contribution in [-0.4, -0.2) is 60.2 Å². The fraction of sp³-hybridized carbons (Fsp3) is 0.769. The highest BCUT2D eigenvalue weighted by molar-refractivity contribution is 7.15. The van der Waals surface area contributed by atoms with E-state index in [4.69, 9.17) is 10.5 Å². The van der Waals surface area contributed by atoms with E-state index in [0.29, 0.717) is 11.2 Å². The number of halogens is 1. The zero-order chi connectivity index (χ0) is 13.7. The molecule has 5 nitrogen and oxygen atoms in total. The minimum absolute atomic E-state index is 0. The summed E-state index contributed by atoms with van der Waals surface area (Å²) in [5, 5.41) is 0.666. The Kier molecular flexibility index (Phi) is 7.76. The third kappa shape index (κ3) is 5.93. The maximum Gasteiger partial charge on any atom is 0.180 e. The van der Waals surface area contributed by atoms with Crippen molar-refractivity contribution in [3.05, 3.63) is 11.1 Å². The van der Waals surface area contributed by atoms with E-state index in [1.807, 2.05) is 6.20 Å². The lowest BCUT2D eigenvalue weighted by atomic mass is 10.3. The van der Waals surface area contributed by atoms with Crippen molar-refractivity contribution in [2.45, 2.75) is 26.5 Å². The normalized spacial score (nSPS) is 17.4. The van der Waals surface area contributed by atoms with Gasteiger partial charge in [0.25, 0.3) is 0 Å². The van der Waals surface area contributed by atoms with Gasteiger partial charge in [-0.3, -0.25) is 9.80 Å². The van der Waals surface area contributed by atoms with Crippen LogP contribution in [-0.2, 0) is 11.3 Å². The molecule has 7 heteroatoms. The highest BCUT2D eigenvalue weighted by atomic mass is 35.5. The van der Waals surface area contributed by atoms with Crippen molar-refractivity contribution in [2.75, 3.05) is 45.1 Å². The monoisotopic (exact) mass is 320 g/mol. The number of nitrogen functional groups attached to an aromatic ring is 1. The smallest absolute Gasteiger partial charge is 0.180 e. The molecule has 1 aromatic rings. The van der Waals surface area contributed by atoms with E-state index in [9.17, 15) is 0 Å². The Labute approximate surface area is 131 Å². The molecule has 1 saturated heterocycles. The van der Waals surface area contributed by atoms with Gasteiger partial charge < -0.3 is 10.5 Å². The first-order valence-electron chi connectivity index (χ1n) is 6.90. The lowest BCUT2D eigenvalue weighted by Crippen LogP contribution is -2.46. The molecule has 0 aliphatic carbocycles. The van der Waals surface area contributed by atoms with E-state index in [2.05, 4.69) is 28.6 Å². The summed E-state index contributed by atoms with van der Waals surface area (Å²) < 4.78 is 5.59. The van der Waals surface area contributed by atoms with Crippen molar-refractivity contribution in [1.29, 1.82) is 0 Å². The maximum absolute atomic E-state index is 5.65. The molecule has 1 aliphatic heterocycles. The number of rotatable bonds is 6. The number of hydrogen-bond donors (Lipinski definition) is 1. The van der Waals surface area contributed by atoms with E-state index in [1.165, 1.54) is 4.88 Å². The molecule has 0 radical (unpaired) electrons. The molecule has 116 valence electrons. The SMILES string of the molecule is CC(C)OCCN1CCN(Cc2cnc(N)s2)CC1.Cl. The molecule has 0 spiro atoms. The Morgan fingerprint density at radius 1 is 1.30 bits per heavy atom. The predicted octanol–water partition coefficient (Wildman–Crippen LogP) is 1.69. The molecule has 1 aromatic heterocycles. The quantitative estimate of drug-likeness (QED) is 0.864. The van der Waals surface area contributed by atoms with Crippen LogP contribution in [0.4, 0.5) is 5.13 Å². The fourth-order valence-corrected chi connectivity index (χ4v) is 2.93. The van der Waals surface area contributed by atoms with E-state index < -0.39 is 0 Å². The van der Waals surface area contributed by atoms with E-state index in [0.717, 1.165) is 45.9 Å². The van der Waals surface area contributed by atoms with Crippen LogP contribution in [0.15, 0.2) is 6.20 Å². The van der Waals surface area contributed by atoms with Gasteiger partial charge in [-0.1, -0.05) is 0 Å². The Balaban J connectivity index is 0.00000200. The minimum atomic E-state index is 0. The molecule has 0 bridgehead atoms. The molecule has 0 amide bonds. The summed E-state index contributed by atoms with van der Waals surface area (Å²) in [6, 6.07) is 0. The first kappa shape index (κ1) is 17.7. The van der Waals surface area contributed by atoms with Gasteiger partial charge in [-0.05, 0) is 13.8 Å². The van der Waals surface area contributed by atoms with Crippen LogP contribution in [0.1, 0.15) is 18.7 Å². The van der Waals surface area contributed by atoms with Crippen LogP contribution in [0, 0.1) is 0 Å². The summed E-state index contributed by atoms with van der Waals surface area (Å²) in [5.41, 5.74) is 5.65. The second-order valence-corrected chi connectivity index (χ2v) is 6.35. The number of thiazole rings is 1. The van der Waals surface area contributed by atoms with Gasteiger partial charge in [-0.15, -0.1) is 23.7 Å². The first-order valence-corrected chi connectivity index (χ1v) is 7.71. The zero-order valence-electron chi connectivity index (χ0n) is 12.2. The molecule has 2 heterocycles. The Morgan fingerprint density at radius 3 is 2.50 bits per heavy atom. The van der Waals surface area contributed by atoms with E-state index >= 15 is 0 Å². The van der Waals surface area contributed by atoms with Gasteiger partial charge in [0, 0.05) is 50.3 Å². The van der Waals surface area contributed by atoms with Crippen molar-refractivity contribution in [3.63, 3.8) is 0 Å². The standard InChI is InChI=1S/C13H24N4OS.ClH/c1-11(2)18-8-7-16-3-5-17(6-4-16)10-12-9-15-13(14)19-12;/h9,11H,3-8,10H2,1-2H3,(H2,14,15);1H. The largest absolute Gasteiger partial charge is 0.377 e. The first-order chi connectivity index (χ1) is 9.13. The molecule has 0 saturated carbocycles. The Bertz CT molecular complexity index is 380. The van der Waals surface area contributed by atoms with Crippen LogP contribution in [0.5, 0.6) is 0 Å².